The van der Waals surface area contributed by atoms with Crippen LogP contribution in [0.1, 0.15) is 82.8 Å². The van der Waals surface area contributed by atoms with E-state index in [1.807, 2.05) is 36.7 Å². The Balaban J connectivity index is 1.49. The Bertz CT molecular complexity index is 2580. The molecule has 0 bridgehead atoms. The lowest BCUT2D eigenvalue weighted by molar-refractivity contribution is -0.441. The van der Waals surface area contributed by atoms with E-state index in [1.54, 1.807) is 19.2 Å². The summed E-state index contributed by atoms with van der Waals surface area (Å²) in [6.45, 7) is 5.18. The number of nitrogens with zero attached hydrogens (tertiary/aromatic N) is 3. The van der Waals surface area contributed by atoms with Crippen molar-refractivity contribution in [2.24, 2.45) is 0 Å². The van der Waals surface area contributed by atoms with E-state index in [4.69, 9.17) is 14.3 Å². The molecule has 3 heterocycles. The molecule has 346 valence electrons. The molecule has 0 aliphatic carbocycles. The number of aromatic hydroxyl groups is 2. The van der Waals surface area contributed by atoms with Crippen LogP contribution in [0.2, 0.25) is 0 Å². The van der Waals surface area contributed by atoms with Gasteiger partial charge in [0.25, 0.3) is 30.4 Å². The molecule has 2 unspecified atom stereocenters. The van der Waals surface area contributed by atoms with Gasteiger partial charge in [0.05, 0.1) is 21.0 Å². The molecule has 5 rings (SSSR count). The number of carbonyl (C=O) groups excluding carboxylic acids is 1. The molecule has 3 aromatic rings. The van der Waals surface area contributed by atoms with Gasteiger partial charge < -0.3 is 29.4 Å². The van der Waals surface area contributed by atoms with Crippen molar-refractivity contribution >= 4 is 53.4 Å². The zero-order valence-corrected chi connectivity index (χ0v) is 38.1. The fraction of sp³-hybridized carbons (Fsp3) is 0.476. The minimum atomic E-state index is -4.61. The Hall–Kier alpha value is -4.61. The first-order chi connectivity index (χ1) is 29.5. The van der Waals surface area contributed by atoms with Gasteiger partial charge in [-0.3, -0.25) is 13.7 Å². The maximum atomic E-state index is 12.4. The summed E-state index contributed by atoms with van der Waals surface area (Å²) in [4.78, 5) is 18.8. The highest BCUT2D eigenvalue weighted by Gasteiger charge is 2.48. The van der Waals surface area contributed by atoms with E-state index in [0.29, 0.717) is 72.6 Å². The number of aromatic nitrogens is 1. The molecule has 1 aromatic heterocycles. The van der Waals surface area contributed by atoms with Crippen molar-refractivity contribution in [2.75, 3.05) is 51.2 Å². The number of anilines is 1. The average molecular weight is 939 g/mol. The number of ether oxygens (including phenoxy) is 2. The second-order valence-corrected chi connectivity index (χ2v) is 20.4. The summed E-state index contributed by atoms with van der Waals surface area (Å²) in [5, 5.41) is 19.5. The van der Waals surface area contributed by atoms with E-state index in [-0.39, 0.29) is 35.7 Å². The first kappa shape index (κ1) is 49.4. The van der Waals surface area contributed by atoms with Crippen molar-refractivity contribution in [1.82, 2.24) is 4.73 Å². The Morgan fingerprint density at radius 1 is 0.746 bits per heavy atom. The molecule has 0 amide bonds. The lowest BCUT2D eigenvalue weighted by Gasteiger charge is -2.30. The topological polar surface area (TPSA) is 260 Å². The molecule has 2 aromatic carbocycles. The molecule has 0 saturated carbocycles. The van der Waals surface area contributed by atoms with Crippen LogP contribution in [0.5, 0.6) is 11.8 Å². The van der Waals surface area contributed by atoms with E-state index in [2.05, 4.69) is 4.90 Å². The average Bonchev–Trinajstić information content (AvgIpc) is 3.73. The number of benzene rings is 2. The SMILES string of the molecule is COCC[N+]1=C(C=CC=C2N(CCCCCCCC(=O)On3c(O)ccc3O)c3ccc(S(=O)(=O)O)cc3C2(C)CCOC)C(C)(CCCS(=O)(=O)O)c2cc(S(=O)(=O)O)ccc21. The standard InChI is InChI=1S/C42H55N3O15S3/c1-41(21-11-27-61(49,50)51)32-28-30(62(52,53)54)16-18-35(32)44(24-26-59-4)36(41)12-10-13-37-42(2,22-25-58-3)33-29-31(63(55,56)57)15-17-34(33)43(37)23-9-7-5-6-8-14-40(48)60-45-38(46)19-20-39(45)47/h10,12-13,15-20,28-29H,5-9,11,14,21-27H2,1-4H3,(H4-,46,47,49,50,51,52,53,54,55,56,57)/p+1. The monoisotopic (exact) mass is 938 g/mol. The van der Waals surface area contributed by atoms with Crippen molar-refractivity contribution in [2.45, 2.75) is 92.3 Å². The molecule has 0 fully saturated rings. The van der Waals surface area contributed by atoms with Crippen LogP contribution in [0, 0.1) is 0 Å². The molecule has 2 atom stereocenters. The quantitative estimate of drug-likeness (QED) is 0.0458. The minimum absolute atomic E-state index is 0.0166. The summed E-state index contributed by atoms with van der Waals surface area (Å²) >= 11 is 0. The maximum absolute atomic E-state index is 12.4. The van der Waals surface area contributed by atoms with Crippen molar-refractivity contribution < 1.29 is 72.8 Å². The number of rotatable bonds is 23. The predicted molar refractivity (Wildman–Crippen MR) is 233 cm³/mol. The first-order valence-corrected chi connectivity index (χ1v) is 24.8. The summed E-state index contributed by atoms with van der Waals surface area (Å²) in [5.74, 6) is -1.96. The Labute approximate surface area is 368 Å². The molecule has 2 aliphatic heterocycles. The highest BCUT2D eigenvalue weighted by Crippen LogP contribution is 2.51. The van der Waals surface area contributed by atoms with Gasteiger partial charge in [0, 0.05) is 80.4 Å². The third kappa shape index (κ3) is 11.6. The van der Waals surface area contributed by atoms with Crippen molar-refractivity contribution in [3.05, 3.63) is 83.6 Å². The smallest absolute Gasteiger partial charge is 0.333 e. The van der Waals surface area contributed by atoms with Gasteiger partial charge in [-0.05, 0) is 87.9 Å². The number of unbranched alkanes of at least 4 members (excludes halogenated alkanes) is 4. The van der Waals surface area contributed by atoms with Crippen LogP contribution < -0.4 is 9.74 Å². The molecule has 2 aliphatic rings. The number of carbonyl (C=O) groups is 1. The van der Waals surface area contributed by atoms with Gasteiger partial charge in [-0.15, -0.1) is 4.73 Å². The summed E-state index contributed by atoms with van der Waals surface area (Å²) in [5.41, 5.74) is 2.13. The number of hydrogen-bond acceptors (Lipinski definition) is 13. The van der Waals surface area contributed by atoms with Crippen LogP contribution in [0.15, 0.2) is 82.2 Å². The number of hydrogen-bond donors (Lipinski definition) is 5. The fourth-order valence-electron chi connectivity index (χ4n) is 8.43. The Morgan fingerprint density at radius 2 is 1.35 bits per heavy atom. The van der Waals surface area contributed by atoms with E-state index >= 15 is 0 Å². The van der Waals surface area contributed by atoms with Gasteiger partial charge in [-0.2, -0.15) is 29.8 Å². The Kier molecular flexibility index (Phi) is 15.7. The molecular formula is C42H56N3O15S3+. The van der Waals surface area contributed by atoms with Crippen LogP contribution in [-0.2, 0) is 55.5 Å². The normalized spacial score (nSPS) is 19.7. The molecule has 18 nitrogen and oxygen atoms in total. The summed E-state index contributed by atoms with van der Waals surface area (Å²) < 4.78 is 116. The third-order valence-corrected chi connectivity index (χ3v) is 14.2. The van der Waals surface area contributed by atoms with Crippen LogP contribution in [-0.4, -0.2) is 116 Å². The van der Waals surface area contributed by atoms with Gasteiger partial charge in [0.15, 0.2) is 12.3 Å². The molecule has 63 heavy (non-hydrogen) atoms. The zero-order valence-electron chi connectivity index (χ0n) is 35.6. The number of methoxy groups -OCH3 is 2. The van der Waals surface area contributed by atoms with Gasteiger partial charge in [0.2, 0.25) is 17.4 Å². The van der Waals surface area contributed by atoms with Crippen molar-refractivity contribution in [1.29, 1.82) is 0 Å². The maximum Gasteiger partial charge on any atom is 0.333 e. The largest absolute Gasteiger partial charge is 0.492 e. The molecule has 0 spiro atoms. The minimum Gasteiger partial charge on any atom is -0.492 e. The molecule has 0 radical (unpaired) electrons. The molecule has 5 N–H and O–H groups in total. The predicted octanol–water partition coefficient (Wildman–Crippen LogP) is 5.31. The van der Waals surface area contributed by atoms with E-state index in [9.17, 15) is 53.9 Å². The highest BCUT2D eigenvalue weighted by molar-refractivity contribution is 7.86. The fourth-order valence-corrected chi connectivity index (χ4v) is 9.95. The van der Waals surface area contributed by atoms with Crippen LogP contribution >= 0.6 is 0 Å². The first-order valence-electron chi connectivity index (χ1n) is 20.3. The summed E-state index contributed by atoms with van der Waals surface area (Å²) in [6.07, 6.45) is 9.66. The molecular weight excluding hydrogens is 883 g/mol. The van der Waals surface area contributed by atoms with E-state index < -0.39 is 64.7 Å². The van der Waals surface area contributed by atoms with Gasteiger partial charge in [0.1, 0.15) is 6.61 Å². The second kappa shape index (κ2) is 20.1. The zero-order chi connectivity index (χ0) is 46.4. The van der Waals surface area contributed by atoms with Gasteiger partial charge in [-0.1, -0.05) is 25.3 Å². The van der Waals surface area contributed by atoms with Gasteiger partial charge in [-0.25, -0.2) is 4.79 Å². The summed E-state index contributed by atoms with van der Waals surface area (Å²) in [6, 6.07) is 11.1. The van der Waals surface area contributed by atoms with Gasteiger partial charge >= 0.3 is 5.97 Å². The number of fused-ring (bicyclic) bond motifs is 2. The lowest BCUT2D eigenvalue weighted by atomic mass is 9.75. The summed E-state index contributed by atoms with van der Waals surface area (Å²) in [7, 11) is -10.4. The molecule has 21 heteroatoms. The lowest BCUT2D eigenvalue weighted by Crippen LogP contribution is -2.33. The highest BCUT2D eigenvalue weighted by atomic mass is 32.2. The van der Waals surface area contributed by atoms with Crippen molar-refractivity contribution in [3.63, 3.8) is 0 Å². The van der Waals surface area contributed by atoms with Crippen LogP contribution in [0.3, 0.4) is 0 Å². The molecule has 0 saturated heterocycles. The number of allylic oxidation sites excluding steroid dienone is 4. The second-order valence-electron chi connectivity index (χ2n) is 16.0. The van der Waals surface area contributed by atoms with Crippen LogP contribution in [0.4, 0.5) is 11.4 Å². The third-order valence-electron chi connectivity index (χ3n) is 11.7. The van der Waals surface area contributed by atoms with E-state index in [1.165, 1.54) is 43.5 Å². The Morgan fingerprint density at radius 3 is 1.97 bits per heavy atom. The van der Waals surface area contributed by atoms with E-state index in [0.717, 1.165) is 24.2 Å². The van der Waals surface area contributed by atoms with Crippen molar-refractivity contribution in [3.8, 4) is 11.8 Å². The van der Waals surface area contributed by atoms with Crippen LogP contribution in [0.25, 0.3) is 0 Å².